The second-order valence-electron chi connectivity index (χ2n) is 6.93. The number of nitrogens with one attached hydrogen (secondary N) is 1. The van der Waals surface area contributed by atoms with E-state index in [0.717, 1.165) is 42.9 Å². The molecule has 0 aliphatic heterocycles. The SMILES string of the molecule is CC(OCC1CC1)C(=O)N(C)CCCc1cc(-c2ccccc2)n[nH]1. The van der Waals surface area contributed by atoms with Crippen molar-refractivity contribution in [2.45, 2.75) is 38.7 Å². The van der Waals surface area contributed by atoms with E-state index in [1.165, 1.54) is 12.8 Å². The van der Waals surface area contributed by atoms with Crippen LogP contribution in [0, 0.1) is 5.92 Å². The molecule has 1 heterocycles. The fourth-order valence-corrected chi connectivity index (χ4v) is 2.81. The van der Waals surface area contributed by atoms with Gasteiger partial charge in [-0.05, 0) is 44.6 Å². The van der Waals surface area contributed by atoms with Crippen LogP contribution < -0.4 is 0 Å². The zero-order valence-corrected chi connectivity index (χ0v) is 15.1. The fraction of sp³-hybridized carbons (Fsp3) is 0.500. The number of benzene rings is 1. The third kappa shape index (κ3) is 5.16. The number of carbonyl (C=O) groups excluding carboxylic acids is 1. The number of aromatic nitrogens is 2. The molecule has 0 spiro atoms. The average Bonchev–Trinajstić information content (AvgIpc) is 3.36. The van der Waals surface area contributed by atoms with Crippen LogP contribution in [0.2, 0.25) is 0 Å². The van der Waals surface area contributed by atoms with E-state index in [0.29, 0.717) is 5.92 Å². The molecule has 1 aliphatic carbocycles. The first kappa shape index (κ1) is 17.7. The second-order valence-corrected chi connectivity index (χ2v) is 6.93. The van der Waals surface area contributed by atoms with Crippen molar-refractivity contribution in [3.05, 3.63) is 42.1 Å². The van der Waals surface area contributed by atoms with Crippen molar-refractivity contribution in [3.8, 4) is 11.3 Å². The Morgan fingerprint density at radius 1 is 1.36 bits per heavy atom. The minimum atomic E-state index is -0.345. The van der Waals surface area contributed by atoms with Crippen molar-refractivity contribution < 1.29 is 9.53 Å². The van der Waals surface area contributed by atoms with Crippen molar-refractivity contribution in [2.24, 2.45) is 5.92 Å². The van der Waals surface area contributed by atoms with Crippen LogP contribution in [0.4, 0.5) is 0 Å². The van der Waals surface area contributed by atoms with Crippen molar-refractivity contribution >= 4 is 5.91 Å². The van der Waals surface area contributed by atoms with E-state index in [1.807, 2.05) is 32.2 Å². The second kappa shape index (κ2) is 8.30. The molecular weight excluding hydrogens is 314 g/mol. The van der Waals surface area contributed by atoms with Gasteiger partial charge in [0.05, 0.1) is 12.3 Å². The number of amides is 1. The predicted molar refractivity (Wildman–Crippen MR) is 98.1 cm³/mol. The summed E-state index contributed by atoms with van der Waals surface area (Å²) in [6.45, 7) is 3.29. The summed E-state index contributed by atoms with van der Waals surface area (Å²) in [4.78, 5) is 14.1. The highest BCUT2D eigenvalue weighted by atomic mass is 16.5. The molecule has 0 saturated heterocycles. The summed E-state index contributed by atoms with van der Waals surface area (Å²) < 4.78 is 5.66. The van der Waals surface area contributed by atoms with E-state index in [2.05, 4.69) is 28.4 Å². The number of nitrogens with zero attached hydrogens (tertiary/aromatic N) is 2. The van der Waals surface area contributed by atoms with Gasteiger partial charge in [0.1, 0.15) is 6.10 Å². The molecule has 1 saturated carbocycles. The lowest BCUT2D eigenvalue weighted by Crippen LogP contribution is -2.37. The van der Waals surface area contributed by atoms with Gasteiger partial charge in [0.15, 0.2) is 0 Å². The normalized spacial score (nSPS) is 15.1. The lowest BCUT2D eigenvalue weighted by Gasteiger charge is -2.21. The Balaban J connectivity index is 1.41. The molecule has 25 heavy (non-hydrogen) atoms. The first-order valence-electron chi connectivity index (χ1n) is 9.10. The Hall–Kier alpha value is -2.14. The smallest absolute Gasteiger partial charge is 0.251 e. The van der Waals surface area contributed by atoms with Gasteiger partial charge < -0.3 is 9.64 Å². The minimum absolute atomic E-state index is 0.0650. The van der Waals surface area contributed by atoms with Gasteiger partial charge in [0.25, 0.3) is 5.91 Å². The van der Waals surface area contributed by atoms with Crippen molar-refractivity contribution in [1.29, 1.82) is 0 Å². The van der Waals surface area contributed by atoms with Gasteiger partial charge in [-0.2, -0.15) is 5.10 Å². The van der Waals surface area contributed by atoms with Crippen LogP contribution >= 0.6 is 0 Å². The number of ether oxygens (including phenoxy) is 1. The molecular formula is C20H27N3O2. The highest BCUT2D eigenvalue weighted by Gasteiger charge is 2.25. The third-order valence-electron chi connectivity index (χ3n) is 4.64. The number of H-pyrrole nitrogens is 1. The number of hydrogen-bond donors (Lipinski definition) is 1. The molecule has 1 unspecified atom stereocenters. The molecule has 1 aliphatic rings. The Morgan fingerprint density at radius 3 is 2.84 bits per heavy atom. The van der Waals surface area contributed by atoms with Crippen LogP contribution in [-0.4, -0.2) is 47.3 Å². The lowest BCUT2D eigenvalue weighted by molar-refractivity contribution is -0.141. The van der Waals surface area contributed by atoms with Gasteiger partial charge in [-0.3, -0.25) is 9.89 Å². The topological polar surface area (TPSA) is 58.2 Å². The Kier molecular flexibility index (Phi) is 5.87. The highest BCUT2D eigenvalue weighted by molar-refractivity contribution is 5.80. The molecule has 1 atom stereocenters. The van der Waals surface area contributed by atoms with Crippen molar-refractivity contribution in [2.75, 3.05) is 20.2 Å². The molecule has 1 aromatic carbocycles. The third-order valence-corrected chi connectivity index (χ3v) is 4.64. The maximum atomic E-state index is 12.3. The molecule has 1 amide bonds. The van der Waals surface area contributed by atoms with Crippen LogP contribution in [0.25, 0.3) is 11.3 Å². The maximum Gasteiger partial charge on any atom is 0.251 e. The molecule has 0 radical (unpaired) electrons. The number of carbonyl (C=O) groups is 1. The first-order valence-corrected chi connectivity index (χ1v) is 9.10. The van der Waals surface area contributed by atoms with Gasteiger partial charge in [-0.15, -0.1) is 0 Å². The molecule has 0 bridgehead atoms. The summed E-state index contributed by atoms with van der Waals surface area (Å²) in [7, 11) is 1.85. The lowest BCUT2D eigenvalue weighted by atomic mass is 10.1. The largest absolute Gasteiger partial charge is 0.368 e. The zero-order chi connectivity index (χ0) is 17.6. The van der Waals surface area contributed by atoms with Crippen molar-refractivity contribution in [3.63, 3.8) is 0 Å². The molecule has 1 aromatic heterocycles. The summed E-state index contributed by atoms with van der Waals surface area (Å²) in [6.07, 6.45) is 3.91. The average molecular weight is 341 g/mol. The molecule has 1 fully saturated rings. The number of rotatable bonds is 9. The van der Waals surface area contributed by atoms with Crippen LogP contribution in [0.3, 0.4) is 0 Å². The van der Waals surface area contributed by atoms with Gasteiger partial charge in [0, 0.05) is 24.8 Å². The summed E-state index contributed by atoms with van der Waals surface area (Å²) in [5.74, 6) is 0.745. The van der Waals surface area contributed by atoms with E-state index in [4.69, 9.17) is 4.74 Å². The Labute approximate surface area is 149 Å². The number of hydrogen-bond acceptors (Lipinski definition) is 3. The van der Waals surface area contributed by atoms with Gasteiger partial charge in [0.2, 0.25) is 0 Å². The quantitative estimate of drug-likeness (QED) is 0.761. The molecule has 134 valence electrons. The van der Waals surface area contributed by atoms with E-state index in [9.17, 15) is 4.79 Å². The molecule has 2 aromatic rings. The molecule has 5 nitrogen and oxygen atoms in total. The van der Waals surface area contributed by atoms with E-state index < -0.39 is 0 Å². The predicted octanol–water partition coefficient (Wildman–Crippen LogP) is 3.28. The van der Waals surface area contributed by atoms with E-state index >= 15 is 0 Å². The number of likely N-dealkylation sites (N-methyl/N-ethyl adjacent to an activating group) is 1. The van der Waals surface area contributed by atoms with Crippen LogP contribution in [-0.2, 0) is 16.0 Å². The van der Waals surface area contributed by atoms with Gasteiger partial charge in [-0.25, -0.2) is 0 Å². The van der Waals surface area contributed by atoms with Crippen LogP contribution in [0.5, 0.6) is 0 Å². The number of aryl methyl sites for hydroxylation is 1. The Bertz CT molecular complexity index is 679. The monoisotopic (exact) mass is 341 g/mol. The van der Waals surface area contributed by atoms with E-state index in [-0.39, 0.29) is 12.0 Å². The molecule has 3 rings (SSSR count). The van der Waals surface area contributed by atoms with Crippen LogP contribution in [0.1, 0.15) is 31.9 Å². The van der Waals surface area contributed by atoms with Gasteiger partial charge >= 0.3 is 0 Å². The Morgan fingerprint density at radius 2 is 2.12 bits per heavy atom. The number of aromatic amines is 1. The summed E-state index contributed by atoms with van der Waals surface area (Å²) in [5.41, 5.74) is 3.17. The van der Waals surface area contributed by atoms with Crippen molar-refractivity contribution in [1.82, 2.24) is 15.1 Å². The molecule has 1 N–H and O–H groups in total. The highest BCUT2D eigenvalue weighted by Crippen LogP contribution is 2.29. The summed E-state index contributed by atoms with van der Waals surface area (Å²) in [5, 5.41) is 7.46. The minimum Gasteiger partial charge on any atom is -0.368 e. The maximum absolute atomic E-state index is 12.3. The first-order chi connectivity index (χ1) is 12.1. The van der Waals surface area contributed by atoms with Gasteiger partial charge in [-0.1, -0.05) is 30.3 Å². The summed E-state index contributed by atoms with van der Waals surface area (Å²) >= 11 is 0. The standard InChI is InChI=1S/C20H27N3O2/c1-15(25-14-16-10-11-16)20(24)23(2)12-6-9-18-13-19(22-21-18)17-7-4-3-5-8-17/h3-5,7-8,13,15-16H,6,9-12,14H2,1-2H3,(H,21,22). The zero-order valence-electron chi connectivity index (χ0n) is 15.1. The van der Waals surface area contributed by atoms with E-state index in [1.54, 1.807) is 4.90 Å². The van der Waals surface area contributed by atoms with Crippen LogP contribution in [0.15, 0.2) is 36.4 Å². The fourth-order valence-electron chi connectivity index (χ4n) is 2.81. The summed E-state index contributed by atoms with van der Waals surface area (Å²) in [6, 6.07) is 12.2. The molecule has 5 heteroatoms.